The van der Waals surface area contributed by atoms with Crippen molar-refractivity contribution in [3.8, 4) is 0 Å². The third-order valence-electron chi connectivity index (χ3n) is 2.50. The van der Waals surface area contributed by atoms with Crippen molar-refractivity contribution in [2.45, 2.75) is 19.8 Å². The molecule has 0 bridgehead atoms. The molecule has 19 heavy (non-hydrogen) atoms. The second-order valence-electron chi connectivity index (χ2n) is 3.97. The molecular weight excluding hydrogens is 250 g/mol. The molecule has 7 heteroatoms. The number of anilines is 1. The van der Waals surface area contributed by atoms with Gasteiger partial charge in [0.15, 0.2) is 5.78 Å². The van der Waals surface area contributed by atoms with Crippen molar-refractivity contribution in [3.05, 3.63) is 33.9 Å². The molecule has 1 aromatic rings. The van der Waals surface area contributed by atoms with Gasteiger partial charge in [0.25, 0.3) is 11.6 Å². The van der Waals surface area contributed by atoms with Crippen molar-refractivity contribution in [3.63, 3.8) is 0 Å². The minimum absolute atomic E-state index is 0.00139. The molecule has 0 atom stereocenters. The van der Waals surface area contributed by atoms with Crippen LogP contribution < -0.4 is 11.1 Å². The Kier molecular flexibility index (Phi) is 4.99. The molecule has 0 saturated heterocycles. The zero-order valence-corrected chi connectivity index (χ0v) is 10.5. The quantitative estimate of drug-likeness (QED) is 0.456. The highest BCUT2D eigenvalue weighted by Crippen LogP contribution is 2.24. The van der Waals surface area contributed by atoms with Gasteiger partial charge in [0, 0.05) is 12.5 Å². The number of nitrogens with zero attached hydrogens (tertiary/aromatic N) is 1. The van der Waals surface area contributed by atoms with Crippen LogP contribution in [0, 0.1) is 10.1 Å². The van der Waals surface area contributed by atoms with Gasteiger partial charge in [0.05, 0.1) is 17.0 Å². The lowest BCUT2D eigenvalue weighted by Gasteiger charge is -2.07. The van der Waals surface area contributed by atoms with Gasteiger partial charge in [-0.15, -0.1) is 0 Å². The smallest absolute Gasteiger partial charge is 0.292 e. The molecule has 0 unspecified atom stereocenters. The first-order chi connectivity index (χ1) is 8.97. The van der Waals surface area contributed by atoms with Crippen LogP contribution in [0.1, 0.15) is 30.1 Å². The van der Waals surface area contributed by atoms with E-state index in [9.17, 15) is 19.7 Å². The van der Waals surface area contributed by atoms with E-state index < -0.39 is 10.8 Å². The van der Waals surface area contributed by atoms with E-state index >= 15 is 0 Å². The Morgan fingerprint density at radius 3 is 2.68 bits per heavy atom. The van der Waals surface area contributed by atoms with Gasteiger partial charge in [-0.3, -0.25) is 19.7 Å². The molecule has 102 valence electrons. The number of nitrogen functional groups attached to an aromatic ring is 1. The summed E-state index contributed by atoms with van der Waals surface area (Å²) < 4.78 is 0. The predicted molar refractivity (Wildman–Crippen MR) is 69.8 cm³/mol. The van der Waals surface area contributed by atoms with E-state index in [0.29, 0.717) is 12.8 Å². The van der Waals surface area contributed by atoms with Crippen molar-refractivity contribution in [2.75, 3.05) is 12.3 Å². The maximum absolute atomic E-state index is 11.8. The minimum atomic E-state index is -0.658. The highest BCUT2D eigenvalue weighted by Gasteiger charge is 2.19. The maximum Gasteiger partial charge on any atom is 0.292 e. The normalized spacial score (nSPS) is 9.95. The number of hydrogen-bond donors (Lipinski definition) is 2. The number of benzene rings is 1. The summed E-state index contributed by atoms with van der Waals surface area (Å²) in [4.78, 5) is 33.1. The standard InChI is InChI=1S/C12H15N3O4/c1-2-4-8(16)7-14-12(17)9-5-3-6-10(11(9)13)15(18)19/h3,5-6H,2,4,7,13H2,1H3,(H,14,17). The van der Waals surface area contributed by atoms with Crippen molar-refractivity contribution >= 4 is 23.1 Å². The van der Waals surface area contributed by atoms with E-state index in [2.05, 4.69) is 5.32 Å². The number of nitro groups is 1. The molecule has 0 radical (unpaired) electrons. The predicted octanol–water partition coefficient (Wildman–Crippen LogP) is 1.28. The molecule has 1 rings (SSSR count). The Labute approximate surface area is 109 Å². The molecule has 0 spiro atoms. The topological polar surface area (TPSA) is 115 Å². The molecule has 0 heterocycles. The van der Waals surface area contributed by atoms with Crippen molar-refractivity contribution in [1.82, 2.24) is 5.32 Å². The summed E-state index contributed by atoms with van der Waals surface area (Å²) in [6, 6.07) is 3.97. The van der Waals surface area contributed by atoms with Gasteiger partial charge in [-0.1, -0.05) is 13.0 Å². The van der Waals surface area contributed by atoms with E-state index in [-0.39, 0.29) is 29.3 Å². The maximum atomic E-state index is 11.8. The second kappa shape index (κ2) is 6.48. The van der Waals surface area contributed by atoms with Gasteiger partial charge < -0.3 is 11.1 Å². The van der Waals surface area contributed by atoms with Crippen LogP contribution in [0.5, 0.6) is 0 Å². The fourth-order valence-corrected chi connectivity index (χ4v) is 1.55. The summed E-state index contributed by atoms with van der Waals surface area (Å²) in [5, 5.41) is 13.1. The molecular formula is C12H15N3O4. The van der Waals surface area contributed by atoms with Crippen LogP contribution in [0.3, 0.4) is 0 Å². The van der Waals surface area contributed by atoms with Crippen molar-refractivity contribution < 1.29 is 14.5 Å². The van der Waals surface area contributed by atoms with E-state index in [4.69, 9.17) is 5.73 Å². The summed E-state index contributed by atoms with van der Waals surface area (Å²) in [7, 11) is 0. The summed E-state index contributed by atoms with van der Waals surface area (Å²) in [5.41, 5.74) is 5.03. The summed E-state index contributed by atoms with van der Waals surface area (Å²) in [6.45, 7) is 1.76. The third-order valence-corrected chi connectivity index (χ3v) is 2.50. The first-order valence-corrected chi connectivity index (χ1v) is 5.80. The number of amides is 1. The average Bonchev–Trinajstić information content (AvgIpc) is 2.36. The van der Waals surface area contributed by atoms with E-state index in [1.807, 2.05) is 6.92 Å². The minimum Gasteiger partial charge on any atom is -0.393 e. The molecule has 0 saturated carbocycles. The molecule has 0 aliphatic heterocycles. The first-order valence-electron chi connectivity index (χ1n) is 5.80. The number of carbonyl (C=O) groups excluding carboxylic acids is 2. The highest BCUT2D eigenvalue weighted by molar-refractivity contribution is 6.02. The van der Waals surface area contributed by atoms with E-state index in [0.717, 1.165) is 0 Å². The SMILES string of the molecule is CCCC(=O)CNC(=O)c1cccc([N+](=O)[O-])c1N. The van der Waals surface area contributed by atoms with Gasteiger partial charge in [-0.05, 0) is 12.5 Å². The lowest BCUT2D eigenvalue weighted by molar-refractivity contribution is -0.383. The molecule has 7 nitrogen and oxygen atoms in total. The fraction of sp³-hybridized carbons (Fsp3) is 0.333. The molecule has 0 aliphatic rings. The Morgan fingerprint density at radius 1 is 1.42 bits per heavy atom. The number of hydrogen-bond acceptors (Lipinski definition) is 5. The largest absolute Gasteiger partial charge is 0.393 e. The van der Waals surface area contributed by atoms with Crippen LogP contribution in [-0.4, -0.2) is 23.2 Å². The zero-order chi connectivity index (χ0) is 14.4. The Balaban J connectivity index is 2.80. The van der Waals surface area contributed by atoms with Crippen LogP contribution in [-0.2, 0) is 4.79 Å². The van der Waals surface area contributed by atoms with Gasteiger partial charge in [-0.2, -0.15) is 0 Å². The van der Waals surface area contributed by atoms with Gasteiger partial charge in [0.2, 0.25) is 0 Å². The number of Topliss-reactive ketones (excluding diaryl/α,β-unsaturated/α-hetero) is 1. The van der Waals surface area contributed by atoms with Gasteiger partial charge >= 0.3 is 0 Å². The average molecular weight is 265 g/mol. The molecule has 1 aromatic carbocycles. The van der Waals surface area contributed by atoms with Crippen molar-refractivity contribution in [2.24, 2.45) is 0 Å². The molecule has 3 N–H and O–H groups in total. The number of nitrogens with one attached hydrogen (secondary N) is 1. The van der Waals surface area contributed by atoms with Crippen molar-refractivity contribution in [1.29, 1.82) is 0 Å². The monoisotopic (exact) mass is 265 g/mol. The number of rotatable bonds is 6. The number of nitro benzene ring substituents is 1. The molecule has 0 fully saturated rings. The summed E-state index contributed by atoms with van der Waals surface area (Å²) >= 11 is 0. The Bertz CT molecular complexity index is 514. The summed E-state index contributed by atoms with van der Waals surface area (Å²) in [6.07, 6.45) is 1.08. The Morgan fingerprint density at radius 2 is 2.11 bits per heavy atom. The van der Waals surface area contributed by atoms with Crippen LogP contribution >= 0.6 is 0 Å². The first kappa shape index (κ1) is 14.6. The zero-order valence-electron chi connectivity index (χ0n) is 10.5. The Hall–Kier alpha value is -2.44. The lowest BCUT2D eigenvalue weighted by atomic mass is 10.1. The van der Waals surface area contributed by atoms with E-state index in [1.54, 1.807) is 0 Å². The third kappa shape index (κ3) is 3.77. The van der Waals surface area contributed by atoms with Crippen LogP contribution in [0.2, 0.25) is 0 Å². The number of para-hydroxylation sites is 1. The van der Waals surface area contributed by atoms with E-state index in [1.165, 1.54) is 18.2 Å². The van der Waals surface area contributed by atoms with Crippen LogP contribution in [0.15, 0.2) is 18.2 Å². The number of ketones is 1. The van der Waals surface area contributed by atoms with Gasteiger partial charge in [0.1, 0.15) is 5.69 Å². The fourth-order valence-electron chi connectivity index (χ4n) is 1.55. The van der Waals surface area contributed by atoms with Crippen LogP contribution in [0.25, 0.3) is 0 Å². The highest BCUT2D eigenvalue weighted by atomic mass is 16.6. The molecule has 0 aliphatic carbocycles. The van der Waals surface area contributed by atoms with Crippen LogP contribution in [0.4, 0.5) is 11.4 Å². The number of carbonyl (C=O) groups is 2. The molecule has 1 amide bonds. The lowest BCUT2D eigenvalue weighted by Crippen LogP contribution is -2.30. The molecule has 0 aromatic heterocycles. The summed E-state index contributed by atoms with van der Waals surface area (Å²) in [5.74, 6) is -0.689. The number of nitrogens with two attached hydrogens (primary N) is 1. The second-order valence-corrected chi connectivity index (χ2v) is 3.97. The van der Waals surface area contributed by atoms with Gasteiger partial charge in [-0.25, -0.2) is 0 Å².